The van der Waals surface area contributed by atoms with Crippen LogP contribution in [0.3, 0.4) is 0 Å². The second-order valence-corrected chi connectivity index (χ2v) is 5.35. The van der Waals surface area contributed by atoms with Gasteiger partial charge in [0.25, 0.3) is 0 Å². The maximum absolute atomic E-state index is 11.9. The Morgan fingerprint density at radius 2 is 1.90 bits per heavy atom. The van der Waals surface area contributed by atoms with E-state index in [1.165, 1.54) is 0 Å². The third-order valence-corrected chi connectivity index (χ3v) is 3.49. The number of hydrogen-bond donors (Lipinski definition) is 2. The summed E-state index contributed by atoms with van der Waals surface area (Å²) < 4.78 is 5.26. The Morgan fingerprint density at radius 1 is 1.30 bits per heavy atom. The number of carbonyl (C=O) groups excluding carboxylic acids is 1. The second-order valence-electron chi connectivity index (χ2n) is 5.35. The van der Waals surface area contributed by atoms with Gasteiger partial charge in [0.1, 0.15) is 6.61 Å². The lowest BCUT2D eigenvalue weighted by molar-refractivity contribution is -0.149. The van der Waals surface area contributed by atoms with Crippen LogP contribution in [0.5, 0.6) is 0 Å². The van der Waals surface area contributed by atoms with Gasteiger partial charge in [-0.3, -0.25) is 9.69 Å². The molecular weight excluding hydrogens is 258 g/mol. The van der Waals surface area contributed by atoms with Crippen molar-refractivity contribution < 1.29 is 19.7 Å². The molecule has 0 bridgehead atoms. The number of esters is 1. The van der Waals surface area contributed by atoms with Crippen LogP contribution in [0, 0.1) is 5.92 Å². The number of aliphatic hydroxyl groups is 2. The number of rotatable bonds is 5. The number of hydrogen-bond acceptors (Lipinski definition) is 5. The summed E-state index contributed by atoms with van der Waals surface area (Å²) in [6, 6.07) is 9.54. The molecule has 1 aliphatic heterocycles. The fourth-order valence-corrected chi connectivity index (χ4v) is 2.33. The van der Waals surface area contributed by atoms with Crippen molar-refractivity contribution in [1.29, 1.82) is 0 Å². The van der Waals surface area contributed by atoms with Gasteiger partial charge in [-0.2, -0.15) is 0 Å². The first-order chi connectivity index (χ1) is 9.56. The molecule has 0 spiro atoms. The van der Waals surface area contributed by atoms with Crippen molar-refractivity contribution in [2.45, 2.75) is 25.7 Å². The molecule has 1 aliphatic rings. The Morgan fingerprint density at radius 3 is 2.50 bits per heavy atom. The van der Waals surface area contributed by atoms with Gasteiger partial charge in [0.2, 0.25) is 0 Å². The normalized spacial score (nSPS) is 24.6. The predicted molar refractivity (Wildman–Crippen MR) is 73.9 cm³/mol. The van der Waals surface area contributed by atoms with E-state index in [0.29, 0.717) is 19.6 Å². The van der Waals surface area contributed by atoms with Gasteiger partial charge in [0.15, 0.2) is 0 Å². The van der Waals surface area contributed by atoms with Crippen molar-refractivity contribution in [3.05, 3.63) is 35.9 Å². The van der Waals surface area contributed by atoms with Gasteiger partial charge in [-0.05, 0) is 5.56 Å². The van der Waals surface area contributed by atoms with Gasteiger partial charge in [-0.25, -0.2) is 0 Å². The van der Waals surface area contributed by atoms with Crippen molar-refractivity contribution in [2.24, 2.45) is 5.92 Å². The lowest BCUT2D eigenvalue weighted by Gasteiger charge is -2.19. The molecule has 5 nitrogen and oxygen atoms in total. The van der Waals surface area contributed by atoms with E-state index in [4.69, 9.17) is 4.74 Å². The highest BCUT2D eigenvalue weighted by Gasteiger charge is 2.31. The van der Waals surface area contributed by atoms with E-state index in [9.17, 15) is 15.0 Å². The zero-order valence-corrected chi connectivity index (χ0v) is 11.6. The fourth-order valence-electron chi connectivity index (χ4n) is 2.33. The Bertz CT molecular complexity index is 427. The van der Waals surface area contributed by atoms with E-state index >= 15 is 0 Å². The van der Waals surface area contributed by atoms with Gasteiger partial charge < -0.3 is 14.9 Å². The number of benzene rings is 1. The molecule has 3 atom stereocenters. The molecule has 1 aromatic carbocycles. The van der Waals surface area contributed by atoms with Crippen LogP contribution in [-0.2, 0) is 16.1 Å². The summed E-state index contributed by atoms with van der Waals surface area (Å²) in [5.41, 5.74) is 0.958. The standard InChI is InChI=1S/C15H21NO4/c1-11(7-16-8-13(17)14(18)9-16)15(19)20-10-12-5-3-2-4-6-12/h2-6,11,13-14,17-18H,7-10H2,1H3/t11?,13-,14+. The van der Waals surface area contributed by atoms with Crippen LogP contribution in [0.15, 0.2) is 30.3 Å². The van der Waals surface area contributed by atoms with Crippen LogP contribution in [-0.4, -0.2) is 52.9 Å². The molecular formula is C15H21NO4. The zero-order valence-electron chi connectivity index (χ0n) is 11.6. The number of aliphatic hydroxyl groups excluding tert-OH is 2. The fraction of sp³-hybridized carbons (Fsp3) is 0.533. The van der Waals surface area contributed by atoms with E-state index in [-0.39, 0.29) is 18.5 Å². The number of nitrogens with zero attached hydrogens (tertiary/aromatic N) is 1. The molecule has 1 heterocycles. The monoisotopic (exact) mass is 279 g/mol. The molecule has 1 fully saturated rings. The molecule has 0 saturated carbocycles. The highest BCUT2D eigenvalue weighted by molar-refractivity contribution is 5.72. The topological polar surface area (TPSA) is 70.0 Å². The number of likely N-dealkylation sites (tertiary alicyclic amines) is 1. The van der Waals surface area contributed by atoms with Gasteiger partial charge in [-0.15, -0.1) is 0 Å². The third kappa shape index (κ3) is 4.03. The summed E-state index contributed by atoms with van der Waals surface area (Å²) in [4.78, 5) is 13.8. The van der Waals surface area contributed by atoms with Crippen LogP contribution in [0.2, 0.25) is 0 Å². The number of ether oxygens (including phenoxy) is 1. The molecule has 0 aliphatic carbocycles. The first-order valence-corrected chi connectivity index (χ1v) is 6.85. The largest absolute Gasteiger partial charge is 0.461 e. The zero-order chi connectivity index (χ0) is 14.5. The SMILES string of the molecule is CC(CN1C[C@@H](O)[C@@H](O)C1)C(=O)OCc1ccccc1. The highest BCUT2D eigenvalue weighted by atomic mass is 16.5. The minimum absolute atomic E-state index is 0.260. The van der Waals surface area contributed by atoms with Crippen LogP contribution in [0.1, 0.15) is 12.5 Å². The highest BCUT2D eigenvalue weighted by Crippen LogP contribution is 2.13. The molecule has 2 N–H and O–H groups in total. The smallest absolute Gasteiger partial charge is 0.310 e. The molecule has 0 radical (unpaired) electrons. The number of β-amino-alcohol motifs (C(OH)–C–C–N with tert-alkyl or cyclic N) is 2. The van der Waals surface area contributed by atoms with Crippen LogP contribution in [0.4, 0.5) is 0 Å². The van der Waals surface area contributed by atoms with Crippen molar-refractivity contribution in [2.75, 3.05) is 19.6 Å². The van der Waals surface area contributed by atoms with Crippen molar-refractivity contribution in [1.82, 2.24) is 4.90 Å². The second kappa shape index (κ2) is 6.83. The molecule has 1 saturated heterocycles. The Kier molecular flexibility index (Phi) is 5.11. The lowest BCUT2D eigenvalue weighted by atomic mass is 10.1. The molecule has 0 aromatic heterocycles. The van der Waals surface area contributed by atoms with Crippen LogP contribution in [0.25, 0.3) is 0 Å². The van der Waals surface area contributed by atoms with Crippen LogP contribution >= 0.6 is 0 Å². The lowest BCUT2D eigenvalue weighted by Crippen LogP contribution is -2.32. The quantitative estimate of drug-likeness (QED) is 0.764. The van der Waals surface area contributed by atoms with Crippen molar-refractivity contribution >= 4 is 5.97 Å². The average molecular weight is 279 g/mol. The Labute approximate surface area is 118 Å². The number of carbonyl (C=O) groups is 1. The van der Waals surface area contributed by atoms with E-state index in [0.717, 1.165) is 5.56 Å². The van der Waals surface area contributed by atoms with E-state index < -0.39 is 12.2 Å². The molecule has 110 valence electrons. The summed E-state index contributed by atoms with van der Waals surface area (Å²) in [6.07, 6.45) is -1.44. The van der Waals surface area contributed by atoms with E-state index in [1.54, 1.807) is 6.92 Å². The third-order valence-electron chi connectivity index (χ3n) is 3.49. The summed E-state index contributed by atoms with van der Waals surface area (Å²) in [6.45, 7) is 3.36. The predicted octanol–water partition coefficient (Wildman–Crippen LogP) is 0.403. The molecule has 1 unspecified atom stereocenters. The van der Waals surface area contributed by atoms with Gasteiger partial charge in [0, 0.05) is 19.6 Å². The van der Waals surface area contributed by atoms with Gasteiger partial charge >= 0.3 is 5.97 Å². The molecule has 0 amide bonds. The van der Waals surface area contributed by atoms with E-state index in [1.807, 2.05) is 35.2 Å². The first-order valence-electron chi connectivity index (χ1n) is 6.85. The average Bonchev–Trinajstić information content (AvgIpc) is 2.75. The summed E-state index contributed by atoms with van der Waals surface area (Å²) in [5, 5.41) is 18.9. The molecule has 20 heavy (non-hydrogen) atoms. The summed E-state index contributed by atoms with van der Waals surface area (Å²) in [5.74, 6) is -0.541. The Balaban J connectivity index is 1.75. The Hall–Kier alpha value is -1.43. The van der Waals surface area contributed by atoms with Crippen molar-refractivity contribution in [3.63, 3.8) is 0 Å². The molecule has 2 rings (SSSR count). The maximum Gasteiger partial charge on any atom is 0.310 e. The summed E-state index contributed by atoms with van der Waals surface area (Å²) in [7, 11) is 0. The van der Waals surface area contributed by atoms with Crippen molar-refractivity contribution in [3.8, 4) is 0 Å². The summed E-state index contributed by atoms with van der Waals surface area (Å²) >= 11 is 0. The van der Waals surface area contributed by atoms with Crippen LogP contribution < -0.4 is 0 Å². The van der Waals surface area contributed by atoms with Gasteiger partial charge in [0.05, 0.1) is 18.1 Å². The molecule has 1 aromatic rings. The van der Waals surface area contributed by atoms with E-state index in [2.05, 4.69) is 0 Å². The minimum atomic E-state index is -0.720. The molecule has 5 heteroatoms. The maximum atomic E-state index is 11.9. The van der Waals surface area contributed by atoms with Gasteiger partial charge in [-0.1, -0.05) is 37.3 Å². The minimum Gasteiger partial charge on any atom is -0.461 e. The first kappa shape index (κ1) is 15.0.